The summed E-state index contributed by atoms with van der Waals surface area (Å²) >= 11 is 6.07. The molecule has 2 fully saturated rings. The first kappa shape index (κ1) is 19.0. The Morgan fingerprint density at radius 1 is 1.32 bits per heavy atom. The average molecular weight is 388 g/mol. The second-order valence-corrected chi connectivity index (χ2v) is 9.14. The van der Waals surface area contributed by atoms with Crippen LogP contribution >= 0.6 is 11.6 Å². The van der Waals surface area contributed by atoms with Gasteiger partial charge in [-0.1, -0.05) is 24.9 Å². The van der Waals surface area contributed by atoms with Gasteiger partial charge in [-0.25, -0.2) is 13.1 Å². The average Bonchev–Trinajstić information content (AvgIpc) is 2.55. The lowest BCUT2D eigenvalue weighted by Gasteiger charge is -2.37. The predicted molar refractivity (Wildman–Crippen MR) is 97.7 cm³/mol. The molecule has 5 nitrogen and oxygen atoms in total. The number of nitrogens with one attached hydrogen (secondary N) is 1. The molecule has 25 heavy (non-hydrogen) atoms. The van der Waals surface area contributed by atoms with Crippen molar-refractivity contribution >= 4 is 21.6 Å². The van der Waals surface area contributed by atoms with Gasteiger partial charge in [0.25, 0.3) is 0 Å². The zero-order valence-electron chi connectivity index (χ0n) is 14.6. The fraction of sp³-hybridized carbons (Fsp3) is 0.667. The molecular formula is C18H26ClNO4S. The lowest BCUT2D eigenvalue weighted by molar-refractivity contribution is 0.0456. The van der Waals surface area contributed by atoms with Gasteiger partial charge in [0, 0.05) is 23.8 Å². The molecule has 0 unspecified atom stereocenters. The topological polar surface area (TPSA) is 64.6 Å². The monoisotopic (exact) mass is 387 g/mol. The molecule has 2 aliphatic rings. The molecule has 3 rings (SSSR count). The van der Waals surface area contributed by atoms with E-state index in [9.17, 15) is 8.42 Å². The standard InChI is InChI=1S/C18H26ClNO4S/c1-2-18(8-10-23-11-9-18)20-25(21,22)17-12-15(19)6-7-16(17)24-13-14-4-3-5-14/h6-7,12,14,20H,2-5,8-11,13H2,1H3. The molecule has 1 aromatic carbocycles. The van der Waals surface area contributed by atoms with E-state index in [1.165, 1.54) is 12.5 Å². The second-order valence-electron chi connectivity index (χ2n) is 7.05. The summed E-state index contributed by atoms with van der Waals surface area (Å²) in [4.78, 5) is 0.124. The molecule has 1 saturated heterocycles. The molecule has 1 N–H and O–H groups in total. The van der Waals surface area contributed by atoms with Gasteiger partial charge in [-0.3, -0.25) is 0 Å². The highest BCUT2D eigenvalue weighted by Gasteiger charge is 2.36. The SMILES string of the molecule is CCC1(NS(=O)(=O)c2cc(Cl)ccc2OCC2CCC2)CCOCC1. The first-order valence-electron chi connectivity index (χ1n) is 8.98. The van der Waals surface area contributed by atoms with Crippen molar-refractivity contribution in [3.05, 3.63) is 23.2 Å². The van der Waals surface area contributed by atoms with Crippen molar-refractivity contribution in [1.82, 2.24) is 4.72 Å². The highest BCUT2D eigenvalue weighted by Crippen LogP contribution is 2.33. The van der Waals surface area contributed by atoms with Crippen LogP contribution in [0, 0.1) is 5.92 Å². The Labute approximate surface area is 155 Å². The molecular weight excluding hydrogens is 362 g/mol. The van der Waals surface area contributed by atoms with E-state index in [0.717, 1.165) is 12.8 Å². The van der Waals surface area contributed by atoms with Crippen molar-refractivity contribution in [3.8, 4) is 5.75 Å². The summed E-state index contributed by atoms with van der Waals surface area (Å²) in [6.45, 7) is 3.69. The van der Waals surface area contributed by atoms with Gasteiger partial charge in [0.1, 0.15) is 10.6 Å². The fourth-order valence-electron chi connectivity index (χ4n) is 3.31. The Bertz CT molecular complexity index is 697. The van der Waals surface area contributed by atoms with Crippen LogP contribution in [0.15, 0.2) is 23.1 Å². The number of hydrogen-bond donors (Lipinski definition) is 1. The van der Waals surface area contributed by atoms with E-state index in [2.05, 4.69) is 4.72 Å². The number of ether oxygens (including phenoxy) is 2. The predicted octanol–water partition coefficient (Wildman–Crippen LogP) is 3.76. The summed E-state index contributed by atoms with van der Waals surface area (Å²) < 4.78 is 40.3. The minimum Gasteiger partial charge on any atom is -0.492 e. The van der Waals surface area contributed by atoms with Gasteiger partial charge in [0.2, 0.25) is 10.0 Å². The molecule has 7 heteroatoms. The molecule has 0 bridgehead atoms. The Balaban J connectivity index is 1.83. The second kappa shape index (κ2) is 7.82. The number of benzene rings is 1. The summed E-state index contributed by atoms with van der Waals surface area (Å²) in [7, 11) is -3.74. The first-order valence-corrected chi connectivity index (χ1v) is 10.8. The number of sulfonamides is 1. The van der Waals surface area contributed by atoms with Gasteiger partial charge in [0.15, 0.2) is 0 Å². The van der Waals surface area contributed by atoms with E-state index < -0.39 is 15.6 Å². The molecule has 0 radical (unpaired) electrons. The van der Waals surface area contributed by atoms with Crippen LogP contribution in [0.4, 0.5) is 0 Å². The largest absolute Gasteiger partial charge is 0.492 e. The van der Waals surface area contributed by atoms with Crippen molar-refractivity contribution in [2.24, 2.45) is 5.92 Å². The van der Waals surface area contributed by atoms with Crippen LogP contribution in [0.2, 0.25) is 5.02 Å². The van der Waals surface area contributed by atoms with Crippen molar-refractivity contribution in [2.45, 2.75) is 55.9 Å². The van der Waals surface area contributed by atoms with Gasteiger partial charge < -0.3 is 9.47 Å². The molecule has 0 amide bonds. The Kier molecular flexibility index (Phi) is 5.93. The lowest BCUT2D eigenvalue weighted by atomic mass is 9.86. The normalized spacial score (nSPS) is 20.9. The van der Waals surface area contributed by atoms with Crippen molar-refractivity contribution in [1.29, 1.82) is 0 Å². The quantitative estimate of drug-likeness (QED) is 0.773. The fourth-order valence-corrected chi connectivity index (χ4v) is 5.25. The summed E-state index contributed by atoms with van der Waals surface area (Å²) in [6, 6.07) is 4.79. The molecule has 0 atom stereocenters. The Hall–Kier alpha value is -0.820. The van der Waals surface area contributed by atoms with Crippen LogP contribution in [0.25, 0.3) is 0 Å². The molecule has 0 spiro atoms. The minimum absolute atomic E-state index is 0.124. The zero-order chi connectivity index (χ0) is 17.9. The smallest absolute Gasteiger partial charge is 0.244 e. The Morgan fingerprint density at radius 3 is 2.64 bits per heavy atom. The summed E-state index contributed by atoms with van der Waals surface area (Å²) in [5.74, 6) is 0.902. The molecule has 140 valence electrons. The maximum Gasteiger partial charge on any atom is 0.244 e. The van der Waals surface area contributed by atoms with Gasteiger partial charge in [-0.15, -0.1) is 0 Å². The molecule has 1 aliphatic heterocycles. The third-order valence-corrected chi connectivity index (χ3v) is 7.21. The Morgan fingerprint density at radius 2 is 2.04 bits per heavy atom. The van der Waals surface area contributed by atoms with Crippen LogP contribution in [0.1, 0.15) is 45.4 Å². The van der Waals surface area contributed by atoms with E-state index in [1.807, 2.05) is 6.92 Å². The molecule has 1 saturated carbocycles. The van der Waals surface area contributed by atoms with E-state index in [-0.39, 0.29) is 4.90 Å². The van der Waals surface area contributed by atoms with Crippen LogP contribution in [-0.2, 0) is 14.8 Å². The van der Waals surface area contributed by atoms with E-state index >= 15 is 0 Å². The number of rotatable bonds is 7. The lowest BCUT2D eigenvalue weighted by Crippen LogP contribution is -2.51. The van der Waals surface area contributed by atoms with E-state index in [1.54, 1.807) is 12.1 Å². The van der Waals surface area contributed by atoms with Gasteiger partial charge >= 0.3 is 0 Å². The molecule has 0 aromatic heterocycles. The zero-order valence-corrected chi connectivity index (χ0v) is 16.2. The molecule has 1 aromatic rings. The maximum atomic E-state index is 13.1. The van der Waals surface area contributed by atoms with E-state index in [4.69, 9.17) is 21.1 Å². The third kappa shape index (κ3) is 4.48. The first-order chi connectivity index (χ1) is 11.9. The van der Waals surface area contributed by atoms with Crippen molar-refractivity contribution < 1.29 is 17.9 Å². The van der Waals surface area contributed by atoms with Crippen molar-refractivity contribution in [3.63, 3.8) is 0 Å². The summed E-state index contributed by atoms with van der Waals surface area (Å²) in [6.07, 6.45) is 5.57. The highest BCUT2D eigenvalue weighted by molar-refractivity contribution is 7.89. The summed E-state index contributed by atoms with van der Waals surface area (Å²) in [5.41, 5.74) is -0.468. The van der Waals surface area contributed by atoms with E-state index in [0.29, 0.717) is 55.8 Å². The highest BCUT2D eigenvalue weighted by atomic mass is 35.5. The van der Waals surface area contributed by atoms with Gasteiger partial charge in [0.05, 0.1) is 6.61 Å². The van der Waals surface area contributed by atoms with Gasteiger partial charge in [-0.2, -0.15) is 0 Å². The maximum absolute atomic E-state index is 13.1. The van der Waals surface area contributed by atoms with Crippen LogP contribution < -0.4 is 9.46 Å². The minimum atomic E-state index is -3.74. The third-order valence-electron chi connectivity index (χ3n) is 5.37. The summed E-state index contributed by atoms with van der Waals surface area (Å²) in [5, 5.41) is 0.383. The molecule has 1 aliphatic carbocycles. The number of hydrogen-bond acceptors (Lipinski definition) is 4. The van der Waals surface area contributed by atoms with Crippen LogP contribution in [0.5, 0.6) is 5.75 Å². The molecule has 1 heterocycles. The van der Waals surface area contributed by atoms with Crippen LogP contribution in [0.3, 0.4) is 0 Å². The van der Waals surface area contributed by atoms with Crippen molar-refractivity contribution in [2.75, 3.05) is 19.8 Å². The van der Waals surface area contributed by atoms with Crippen LogP contribution in [-0.4, -0.2) is 33.8 Å². The number of halogens is 1. The van der Waals surface area contributed by atoms with Gasteiger partial charge in [-0.05, 0) is 56.2 Å².